The lowest BCUT2D eigenvalue weighted by molar-refractivity contribution is 0.568. The van der Waals surface area contributed by atoms with Crippen molar-refractivity contribution in [1.82, 2.24) is 19.1 Å². The largest absolute Gasteiger partial charge is 0.310 e. The van der Waals surface area contributed by atoms with Crippen molar-refractivity contribution in [1.29, 1.82) is 0 Å². The Bertz CT molecular complexity index is 4040. The number of hydrogen-bond acceptors (Lipinski definition) is 2. The Kier molecular flexibility index (Phi) is 12.2. The molecule has 0 N–H and O–H groups in total. The molecule has 0 aliphatic carbocycles. The van der Waals surface area contributed by atoms with Crippen molar-refractivity contribution >= 4 is 66.7 Å². The summed E-state index contributed by atoms with van der Waals surface area (Å²) in [6, 6.07) is 46.6. The average Bonchev–Trinajstić information content (AvgIpc) is 1.97. The summed E-state index contributed by atoms with van der Waals surface area (Å²) in [6.07, 6.45) is 0. The second-order valence-corrected chi connectivity index (χ2v) is 33.5. The molecule has 0 bridgehead atoms. The maximum absolute atomic E-state index is 5.86. The van der Waals surface area contributed by atoms with E-state index in [-0.39, 0.29) is 50.0 Å². The smallest absolute Gasteiger partial charge is 0.252 e. The molecular formula is C78H91BN4. The fraction of sp³-hybridized carbons (Fsp3) is 0.410. The number of nitrogens with zero attached hydrogens (tertiary/aromatic N) is 4. The highest BCUT2D eigenvalue weighted by atomic mass is 15.0. The number of rotatable bonds is 3. The van der Waals surface area contributed by atoms with Gasteiger partial charge in [-0.3, -0.25) is 0 Å². The minimum atomic E-state index is -0.0955. The van der Waals surface area contributed by atoms with Gasteiger partial charge in [0.2, 0.25) is 0 Å². The summed E-state index contributed by atoms with van der Waals surface area (Å²) in [7, 11) is 0. The molecular weight excluding hydrogens is 1000 g/mol. The molecule has 83 heavy (non-hydrogen) atoms. The van der Waals surface area contributed by atoms with E-state index in [4.69, 9.17) is 9.97 Å². The van der Waals surface area contributed by atoms with Crippen LogP contribution in [0.5, 0.6) is 0 Å². The van der Waals surface area contributed by atoms with E-state index in [1.807, 2.05) is 0 Å². The maximum atomic E-state index is 5.86. The Balaban J connectivity index is 1.28. The monoisotopic (exact) mass is 1090 g/mol. The van der Waals surface area contributed by atoms with E-state index in [1.54, 1.807) is 0 Å². The van der Waals surface area contributed by atoms with Crippen molar-refractivity contribution in [2.24, 2.45) is 0 Å². The number of fused-ring (bicyclic) bond motifs is 10. The zero-order chi connectivity index (χ0) is 60.2. The Morgan fingerprint density at radius 3 is 0.928 bits per heavy atom. The van der Waals surface area contributed by atoms with Crippen LogP contribution in [0.15, 0.2) is 115 Å². The summed E-state index contributed by atoms with van der Waals surface area (Å²) in [6.45, 7) is 56.2. The summed E-state index contributed by atoms with van der Waals surface area (Å²) in [5.74, 6) is 0.740. The number of hydrogen-bond donors (Lipinski definition) is 0. The molecule has 4 nitrogen and oxygen atoms in total. The molecule has 3 aromatic heterocycles. The number of aromatic nitrogens is 4. The number of benzene rings is 7. The Morgan fingerprint density at radius 1 is 0.289 bits per heavy atom. The predicted molar refractivity (Wildman–Crippen MR) is 361 cm³/mol. The first-order valence-electron chi connectivity index (χ1n) is 30.8. The van der Waals surface area contributed by atoms with E-state index in [0.29, 0.717) is 0 Å². The molecule has 5 heteroatoms. The molecule has 0 radical (unpaired) electrons. The van der Waals surface area contributed by atoms with Crippen LogP contribution in [0.1, 0.15) is 211 Å². The third-order valence-electron chi connectivity index (χ3n) is 18.7. The zero-order valence-electron chi connectivity index (χ0n) is 54.8. The van der Waals surface area contributed by atoms with Crippen LogP contribution in [0.4, 0.5) is 0 Å². The molecule has 10 aromatic rings. The summed E-state index contributed by atoms with van der Waals surface area (Å²) in [4.78, 5) is 11.6. The Hall–Kier alpha value is -6.72. The van der Waals surface area contributed by atoms with Gasteiger partial charge in [0.25, 0.3) is 6.71 Å². The quantitative estimate of drug-likeness (QED) is 0.165. The van der Waals surface area contributed by atoms with E-state index in [9.17, 15) is 0 Å². The van der Waals surface area contributed by atoms with Crippen molar-refractivity contribution < 1.29 is 0 Å². The molecule has 2 aliphatic heterocycles. The highest BCUT2D eigenvalue weighted by Gasteiger charge is 2.43. The van der Waals surface area contributed by atoms with Gasteiger partial charge in [-0.05, 0) is 183 Å². The maximum Gasteiger partial charge on any atom is 0.252 e. The van der Waals surface area contributed by atoms with E-state index in [0.717, 1.165) is 33.9 Å². The molecule has 0 unspecified atom stereocenters. The van der Waals surface area contributed by atoms with Crippen molar-refractivity contribution in [2.45, 2.75) is 209 Å². The third-order valence-corrected chi connectivity index (χ3v) is 18.7. The first-order valence-corrected chi connectivity index (χ1v) is 30.8. The van der Waals surface area contributed by atoms with Crippen molar-refractivity contribution in [3.8, 4) is 45.3 Å². The fourth-order valence-corrected chi connectivity index (χ4v) is 13.1. The highest BCUT2D eigenvalue weighted by Crippen LogP contribution is 2.46. The standard InChI is InChI=1S/C78H91BN4/c1-71(2,3)47-25-27-63-55(37-47)57-39-53(77(19,20)21)41-59-68(57)82(63)65-33-45(34-66-67(65)79(59)60-42-54(78(22,23)24)40-58-56-38-48(72(4,5)6)26-28-64(56)83(66)69(58)60)62-43-61(44-29-49(73(7,8)9)35-50(30-44)74(10,11)12)80-70(81-62)46-31-51(75(13,14)15)36-52(32-46)76(16,17)18/h25-43H,1-24H3. The van der Waals surface area contributed by atoms with Gasteiger partial charge < -0.3 is 9.13 Å². The Labute approximate surface area is 497 Å². The van der Waals surface area contributed by atoms with Crippen molar-refractivity contribution in [2.75, 3.05) is 0 Å². The molecule has 0 spiro atoms. The minimum absolute atomic E-state index is 0.0318. The minimum Gasteiger partial charge on any atom is -0.310 e. The topological polar surface area (TPSA) is 35.6 Å². The second kappa shape index (κ2) is 17.9. The summed E-state index contributed by atoms with van der Waals surface area (Å²) >= 11 is 0. The molecule has 12 rings (SSSR count). The van der Waals surface area contributed by atoms with Gasteiger partial charge in [-0.15, -0.1) is 0 Å². The van der Waals surface area contributed by atoms with Crippen LogP contribution in [0.2, 0.25) is 0 Å². The molecule has 0 atom stereocenters. The SMILES string of the molecule is CC(C)(C)c1cc(-c2cc(-c3cc4c5c(c3)-n3c6ccc(C(C)(C)C)cc6c6cc(C(C)(C)C)cc(c63)B5c3cc(C(C)(C)C)cc5c6cc(C(C)(C)C)ccc6n-4c35)nc(-c3cc(C(C)(C)C)cc(C(C)(C)C)c3)n2)cc(C(C)(C)C)c1. The predicted octanol–water partition coefficient (Wildman–Crippen LogP) is 19.2. The molecule has 0 fully saturated rings. The van der Waals surface area contributed by atoms with Crippen LogP contribution < -0.4 is 16.4 Å². The van der Waals surface area contributed by atoms with E-state index < -0.39 is 0 Å². The first-order chi connectivity index (χ1) is 38.2. The fourth-order valence-electron chi connectivity index (χ4n) is 13.1. The molecule has 5 heterocycles. The van der Waals surface area contributed by atoms with Gasteiger partial charge in [-0.2, -0.15) is 0 Å². The molecule has 0 saturated heterocycles. The van der Waals surface area contributed by atoms with Crippen LogP contribution in [0.3, 0.4) is 0 Å². The lowest BCUT2D eigenvalue weighted by Gasteiger charge is -2.36. The Morgan fingerprint density at radius 2 is 0.590 bits per heavy atom. The van der Waals surface area contributed by atoms with Gasteiger partial charge in [-0.1, -0.05) is 203 Å². The van der Waals surface area contributed by atoms with Gasteiger partial charge in [0, 0.05) is 60.6 Å². The zero-order valence-corrected chi connectivity index (χ0v) is 54.8. The van der Waals surface area contributed by atoms with E-state index >= 15 is 0 Å². The van der Waals surface area contributed by atoms with Crippen LogP contribution in [-0.2, 0) is 43.3 Å². The molecule has 0 amide bonds. The molecule has 426 valence electrons. The normalized spacial score (nSPS) is 14.2. The van der Waals surface area contributed by atoms with Gasteiger partial charge in [0.05, 0.1) is 22.4 Å². The average molecular weight is 1100 g/mol. The van der Waals surface area contributed by atoms with Gasteiger partial charge >= 0.3 is 0 Å². The van der Waals surface area contributed by atoms with E-state index in [1.165, 1.54) is 116 Å². The van der Waals surface area contributed by atoms with Gasteiger partial charge in [0.1, 0.15) is 0 Å². The van der Waals surface area contributed by atoms with Gasteiger partial charge in [-0.25, -0.2) is 9.97 Å². The lowest BCUT2D eigenvalue weighted by atomic mass is 9.34. The third kappa shape index (κ3) is 9.41. The second-order valence-electron chi connectivity index (χ2n) is 33.5. The summed E-state index contributed by atoms with van der Waals surface area (Å²) < 4.78 is 5.31. The lowest BCUT2D eigenvalue weighted by Crippen LogP contribution is -2.59. The molecule has 7 aromatic carbocycles. The van der Waals surface area contributed by atoms with E-state index in [2.05, 4.69) is 291 Å². The van der Waals surface area contributed by atoms with Crippen LogP contribution in [0, 0.1) is 0 Å². The van der Waals surface area contributed by atoms with Gasteiger partial charge in [0.15, 0.2) is 5.82 Å². The van der Waals surface area contributed by atoms with Crippen LogP contribution in [-0.4, -0.2) is 25.8 Å². The van der Waals surface area contributed by atoms with Crippen molar-refractivity contribution in [3.05, 3.63) is 160 Å². The van der Waals surface area contributed by atoms with Crippen molar-refractivity contribution in [3.63, 3.8) is 0 Å². The van der Waals surface area contributed by atoms with Crippen LogP contribution >= 0.6 is 0 Å². The summed E-state index contributed by atoms with van der Waals surface area (Å²) in [5.41, 5.74) is 26.6. The van der Waals surface area contributed by atoms with Crippen LogP contribution in [0.25, 0.3) is 88.9 Å². The summed E-state index contributed by atoms with van der Waals surface area (Å²) in [5, 5.41) is 5.26. The first kappa shape index (κ1) is 56.8. The highest BCUT2D eigenvalue weighted by molar-refractivity contribution is 7.00. The molecule has 2 aliphatic rings. The molecule has 0 saturated carbocycles.